The molecule has 0 spiro atoms. The zero-order valence-electron chi connectivity index (χ0n) is 12.5. The van der Waals surface area contributed by atoms with Gasteiger partial charge in [-0.3, -0.25) is 4.79 Å². The molecule has 1 amide bonds. The summed E-state index contributed by atoms with van der Waals surface area (Å²) in [5.41, 5.74) is 6.13. The van der Waals surface area contributed by atoms with Crippen LogP contribution in [0.25, 0.3) is 0 Å². The maximum Gasteiger partial charge on any atom is 0.227 e. The first-order chi connectivity index (χ1) is 9.16. The van der Waals surface area contributed by atoms with Crippen molar-refractivity contribution in [1.82, 2.24) is 5.32 Å². The van der Waals surface area contributed by atoms with Gasteiger partial charge in [0.15, 0.2) is 0 Å². The largest absolute Gasteiger partial charge is 0.355 e. The van der Waals surface area contributed by atoms with Crippen molar-refractivity contribution in [2.45, 2.75) is 71.1 Å². The zero-order valence-corrected chi connectivity index (χ0v) is 12.5. The summed E-state index contributed by atoms with van der Waals surface area (Å²) in [7, 11) is 0. The molecule has 2 rings (SSSR count). The second kappa shape index (κ2) is 6.25. The molecule has 3 heteroatoms. The summed E-state index contributed by atoms with van der Waals surface area (Å²) >= 11 is 0. The fraction of sp³-hybridized carbons (Fsp3) is 0.938. The Kier molecular flexibility index (Phi) is 4.88. The Morgan fingerprint density at radius 1 is 1.11 bits per heavy atom. The molecule has 110 valence electrons. The number of nitrogens with one attached hydrogen (secondary N) is 1. The van der Waals surface area contributed by atoms with E-state index in [4.69, 9.17) is 5.73 Å². The highest BCUT2D eigenvalue weighted by atomic mass is 16.2. The summed E-state index contributed by atoms with van der Waals surface area (Å²) in [4.78, 5) is 12.6. The van der Waals surface area contributed by atoms with E-state index in [1.165, 1.54) is 38.5 Å². The maximum absolute atomic E-state index is 12.6. The Hall–Kier alpha value is -0.570. The first-order valence-corrected chi connectivity index (χ1v) is 8.15. The molecule has 0 atom stereocenters. The van der Waals surface area contributed by atoms with Gasteiger partial charge in [-0.2, -0.15) is 0 Å². The van der Waals surface area contributed by atoms with E-state index >= 15 is 0 Å². The van der Waals surface area contributed by atoms with Gasteiger partial charge in [0.1, 0.15) is 0 Å². The topological polar surface area (TPSA) is 55.1 Å². The molecule has 2 aliphatic rings. The molecule has 0 aromatic rings. The third-order valence-corrected chi connectivity index (χ3v) is 5.29. The van der Waals surface area contributed by atoms with Crippen LogP contribution >= 0.6 is 0 Å². The van der Waals surface area contributed by atoms with Crippen LogP contribution in [0.5, 0.6) is 0 Å². The number of carbonyl (C=O) groups excluding carboxylic acids is 1. The van der Waals surface area contributed by atoms with Gasteiger partial charge >= 0.3 is 0 Å². The molecule has 0 saturated heterocycles. The smallest absolute Gasteiger partial charge is 0.227 e. The van der Waals surface area contributed by atoms with E-state index in [2.05, 4.69) is 12.2 Å². The second-order valence-corrected chi connectivity index (χ2v) is 6.83. The Labute approximate surface area is 117 Å². The maximum atomic E-state index is 12.6. The first-order valence-electron chi connectivity index (χ1n) is 8.15. The summed E-state index contributed by atoms with van der Waals surface area (Å²) in [6, 6.07) is 0. The van der Waals surface area contributed by atoms with Gasteiger partial charge in [0, 0.05) is 13.1 Å². The molecule has 2 saturated carbocycles. The number of rotatable bonds is 6. The average molecular weight is 266 g/mol. The minimum atomic E-state index is -0.265. The van der Waals surface area contributed by atoms with Crippen LogP contribution < -0.4 is 11.1 Å². The highest BCUT2D eigenvalue weighted by molar-refractivity contribution is 5.83. The molecule has 2 fully saturated rings. The van der Waals surface area contributed by atoms with Crippen LogP contribution in [-0.4, -0.2) is 19.0 Å². The van der Waals surface area contributed by atoms with Crippen molar-refractivity contribution in [2.75, 3.05) is 13.1 Å². The highest BCUT2D eigenvalue weighted by Gasteiger charge is 2.43. The molecular weight excluding hydrogens is 236 g/mol. The normalized spacial score (nSPS) is 24.5. The fourth-order valence-electron chi connectivity index (χ4n) is 3.61. The molecule has 0 radical (unpaired) electrons. The van der Waals surface area contributed by atoms with Crippen molar-refractivity contribution in [3.8, 4) is 0 Å². The SMILES string of the molecule is CCCC1(CNC(=O)C2(CN)CCCCCC2)CC1. The van der Waals surface area contributed by atoms with Crippen LogP contribution in [0.3, 0.4) is 0 Å². The van der Waals surface area contributed by atoms with E-state index in [-0.39, 0.29) is 11.3 Å². The lowest BCUT2D eigenvalue weighted by molar-refractivity contribution is -0.131. The van der Waals surface area contributed by atoms with Gasteiger partial charge in [0.25, 0.3) is 0 Å². The lowest BCUT2D eigenvalue weighted by Gasteiger charge is -2.30. The molecular formula is C16H30N2O. The van der Waals surface area contributed by atoms with Gasteiger partial charge in [0.2, 0.25) is 5.91 Å². The number of hydrogen-bond acceptors (Lipinski definition) is 2. The number of nitrogens with two attached hydrogens (primary N) is 1. The van der Waals surface area contributed by atoms with Crippen LogP contribution in [0.1, 0.15) is 71.1 Å². The molecule has 2 aliphatic carbocycles. The van der Waals surface area contributed by atoms with Gasteiger partial charge in [-0.05, 0) is 37.5 Å². The lowest BCUT2D eigenvalue weighted by Crippen LogP contribution is -2.47. The van der Waals surface area contributed by atoms with Crippen molar-refractivity contribution >= 4 is 5.91 Å². The van der Waals surface area contributed by atoms with Gasteiger partial charge < -0.3 is 11.1 Å². The van der Waals surface area contributed by atoms with E-state index in [0.29, 0.717) is 12.0 Å². The van der Waals surface area contributed by atoms with E-state index in [1.807, 2.05) is 0 Å². The monoisotopic (exact) mass is 266 g/mol. The Balaban J connectivity index is 1.89. The van der Waals surface area contributed by atoms with E-state index in [9.17, 15) is 4.79 Å². The Morgan fingerprint density at radius 3 is 2.21 bits per heavy atom. The number of hydrogen-bond donors (Lipinski definition) is 2. The van der Waals surface area contributed by atoms with Gasteiger partial charge in [0.05, 0.1) is 5.41 Å². The third kappa shape index (κ3) is 3.50. The molecule has 0 aromatic carbocycles. The minimum Gasteiger partial charge on any atom is -0.355 e. The third-order valence-electron chi connectivity index (χ3n) is 5.29. The van der Waals surface area contributed by atoms with Crippen molar-refractivity contribution in [2.24, 2.45) is 16.6 Å². The quantitative estimate of drug-likeness (QED) is 0.726. The number of carbonyl (C=O) groups is 1. The Morgan fingerprint density at radius 2 is 1.74 bits per heavy atom. The summed E-state index contributed by atoms with van der Waals surface area (Å²) in [5, 5.41) is 3.24. The van der Waals surface area contributed by atoms with Crippen LogP contribution in [0.15, 0.2) is 0 Å². The molecule has 19 heavy (non-hydrogen) atoms. The van der Waals surface area contributed by atoms with Crippen LogP contribution in [0.4, 0.5) is 0 Å². The van der Waals surface area contributed by atoms with Crippen molar-refractivity contribution < 1.29 is 4.79 Å². The molecule has 3 N–H and O–H groups in total. The fourth-order valence-corrected chi connectivity index (χ4v) is 3.61. The first kappa shape index (κ1) is 14.8. The van der Waals surface area contributed by atoms with E-state index < -0.39 is 0 Å². The van der Waals surface area contributed by atoms with Crippen molar-refractivity contribution in [1.29, 1.82) is 0 Å². The van der Waals surface area contributed by atoms with Gasteiger partial charge in [-0.25, -0.2) is 0 Å². The molecule has 0 unspecified atom stereocenters. The average Bonchev–Trinajstić information content (AvgIpc) is 3.20. The van der Waals surface area contributed by atoms with E-state index in [1.54, 1.807) is 0 Å². The van der Waals surface area contributed by atoms with Crippen molar-refractivity contribution in [3.63, 3.8) is 0 Å². The molecule has 0 bridgehead atoms. The second-order valence-electron chi connectivity index (χ2n) is 6.83. The summed E-state index contributed by atoms with van der Waals surface area (Å²) in [6.45, 7) is 3.62. The molecule has 0 heterocycles. The molecule has 0 aromatic heterocycles. The van der Waals surface area contributed by atoms with Crippen LogP contribution in [0, 0.1) is 10.8 Å². The van der Waals surface area contributed by atoms with Crippen molar-refractivity contribution in [3.05, 3.63) is 0 Å². The summed E-state index contributed by atoms with van der Waals surface area (Å²) in [6.07, 6.45) is 11.8. The summed E-state index contributed by atoms with van der Waals surface area (Å²) in [5.74, 6) is 0.235. The van der Waals surface area contributed by atoms with Crippen LogP contribution in [0.2, 0.25) is 0 Å². The predicted octanol–water partition coefficient (Wildman–Crippen LogP) is 2.98. The van der Waals surface area contributed by atoms with Crippen LogP contribution in [-0.2, 0) is 4.79 Å². The molecule has 3 nitrogen and oxygen atoms in total. The summed E-state index contributed by atoms with van der Waals surface area (Å²) < 4.78 is 0. The van der Waals surface area contributed by atoms with Gasteiger partial charge in [-0.15, -0.1) is 0 Å². The standard InChI is InChI=1S/C16H30N2O/c1-2-7-15(10-11-15)13-18-14(19)16(12-17)8-5-3-4-6-9-16/h2-13,17H2,1H3,(H,18,19). The predicted molar refractivity (Wildman–Crippen MR) is 78.8 cm³/mol. The lowest BCUT2D eigenvalue weighted by atomic mass is 9.79. The molecule has 0 aliphatic heterocycles. The van der Waals surface area contributed by atoms with E-state index in [0.717, 1.165) is 32.2 Å². The number of amides is 1. The van der Waals surface area contributed by atoms with Gasteiger partial charge in [-0.1, -0.05) is 39.0 Å². The zero-order chi connectivity index (χ0) is 13.8. The highest BCUT2D eigenvalue weighted by Crippen LogP contribution is 2.49. The minimum absolute atomic E-state index is 0.235. The Bertz CT molecular complexity index is 302.